The Morgan fingerprint density at radius 3 is 2.26 bits per heavy atom. The summed E-state index contributed by atoms with van der Waals surface area (Å²) < 4.78 is 29.6. The third kappa shape index (κ3) is 13.5. The van der Waals surface area contributed by atoms with Crippen molar-refractivity contribution in [2.45, 2.75) is 149 Å². The van der Waals surface area contributed by atoms with Crippen LogP contribution in [0.3, 0.4) is 0 Å². The highest BCUT2D eigenvalue weighted by molar-refractivity contribution is 7.13. The fraction of sp³-hybridized carbons (Fsp3) is 0.545. The predicted molar refractivity (Wildman–Crippen MR) is 334 cm³/mol. The van der Waals surface area contributed by atoms with E-state index < -0.39 is 35.0 Å². The van der Waals surface area contributed by atoms with Crippen LogP contribution in [-0.4, -0.2) is 175 Å². The number of carbonyl (C=O) groups excluding carboxylic acids is 4. The number of piperazine rings is 1. The smallest absolute Gasteiger partial charge is 0.410 e. The minimum atomic E-state index is -0.910. The standard InChI is InChI=1S/C66H84FN11O8S/c1-10-42-12-11-13-45-27-48(79)28-50(54(42)45)56-55(67)57-51(30-68-56)60(76-33-46-18-19-47(34-76)78(46)64(84)86-66(7,8)9)73-63(72-57)85-25-24-74-22-20-40(21-23-74)26-41-31-75(32-41)36-53(81)71-59(65(4,5)6)62(83)77-35-49(80)29-52(77)61(82)70-38(2)43-14-16-44(17-15-43)58-39(3)69-37-87-58/h11-17,27-28,30,37-38,40-41,46-47,49,52,59,79-80H,10,18-26,29,31-36H2,1-9H3,(H,70,82)(H,71,81)/t38-,46?,47?,49+,52-,59+/m0/s1. The molecule has 0 radical (unpaired) electrons. The maximum atomic E-state index is 17.4. The molecule has 3 aromatic heterocycles. The monoisotopic (exact) mass is 1210 g/mol. The van der Waals surface area contributed by atoms with E-state index in [1.807, 2.05) is 115 Å². The lowest BCUT2D eigenvalue weighted by Gasteiger charge is -2.42. The molecule has 8 heterocycles. The molecule has 6 atom stereocenters. The number of rotatable bonds is 17. The number of nitrogens with one attached hydrogen (secondary N) is 2. The van der Waals surface area contributed by atoms with Crippen LogP contribution in [0.1, 0.15) is 117 Å². The van der Waals surface area contributed by atoms with Crippen molar-refractivity contribution < 1.29 is 43.3 Å². The van der Waals surface area contributed by atoms with Gasteiger partial charge in [0.25, 0.3) is 0 Å². The fourth-order valence-electron chi connectivity index (χ4n) is 13.7. The van der Waals surface area contributed by atoms with Gasteiger partial charge in [-0.2, -0.15) is 9.97 Å². The number of piperidine rings is 1. The normalized spacial score (nSPS) is 21.3. The molecule has 4 amide bonds. The Balaban J connectivity index is 0.677. The average molecular weight is 1210 g/mol. The van der Waals surface area contributed by atoms with E-state index in [1.54, 1.807) is 29.7 Å². The second-order valence-electron chi connectivity index (χ2n) is 26.9. The van der Waals surface area contributed by atoms with Crippen LogP contribution in [0.15, 0.2) is 66.3 Å². The first-order valence-corrected chi connectivity index (χ1v) is 31.9. The molecule has 464 valence electrons. The largest absolute Gasteiger partial charge is 0.508 e. The number of aliphatic hydroxyl groups is 1. The molecule has 5 fully saturated rings. The van der Waals surface area contributed by atoms with Crippen LogP contribution in [-0.2, 0) is 25.5 Å². The number of thiazole rings is 1. The molecule has 2 bridgehead atoms. The molecule has 5 aliphatic rings. The van der Waals surface area contributed by atoms with Crippen LogP contribution in [0.4, 0.5) is 15.0 Å². The fourth-order valence-corrected chi connectivity index (χ4v) is 14.5. The number of phenolic OH excluding ortho intramolecular Hbond substituents is 1. The zero-order valence-electron chi connectivity index (χ0n) is 51.6. The van der Waals surface area contributed by atoms with E-state index in [4.69, 9.17) is 24.4 Å². The Morgan fingerprint density at radius 1 is 0.874 bits per heavy atom. The maximum Gasteiger partial charge on any atom is 0.410 e. The first-order valence-electron chi connectivity index (χ1n) is 31.0. The lowest BCUT2D eigenvalue weighted by atomic mass is 9.83. The molecule has 3 aromatic carbocycles. The molecule has 6 aromatic rings. The van der Waals surface area contributed by atoms with Gasteiger partial charge in [0.05, 0.1) is 52.2 Å². The van der Waals surface area contributed by atoms with Crippen molar-refractivity contribution in [3.05, 3.63) is 88.9 Å². The second kappa shape index (κ2) is 25.2. The van der Waals surface area contributed by atoms with Crippen LogP contribution in [0.25, 0.3) is 43.4 Å². The summed E-state index contributed by atoms with van der Waals surface area (Å²) in [6.07, 6.45) is 5.93. The van der Waals surface area contributed by atoms with E-state index in [9.17, 15) is 29.4 Å². The highest BCUT2D eigenvalue weighted by atomic mass is 32.1. The van der Waals surface area contributed by atoms with Gasteiger partial charge in [0.1, 0.15) is 47.1 Å². The minimum absolute atomic E-state index is 0.00232. The van der Waals surface area contributed by atoms with Crippen LogP contribution in [0.2, 0.25) is 0 Å². The number of fused-ring (bicyclic) bond motifs is 4. The van der Waals surface area contributed by atoms with Crippen LogP contribution in [0, 0.1) is 30.0 Å². The highest BCUT2D eigenvalue weighted by Crippen LogP contribution is 2.41. The number of phenols is 1. The lowest BCUT2D eigenvalue weighted by molar-refractivity contribution is -0.144. The molecule has 0 saturated carbocycles. The molecule has 87 heavy (non-hydrogen) atoms. The van der Waals surface area contributed by atoms with E-state index in [0.717, 1.165) is 96.3 Å². The Bertz CT molecular complexity index is 3510. The van der Waals surface area contributed by atoms with Gasteiger partial charge in [-0.1, -0.05) is 70.2 Å². The quantitative estimate of drug-likeness (QED) is 0.0670. The van der Waals surface area contributed by atoms with Crippen molar-refractivity contribution in [3.8, 4) is 33.5 Å². The van der Waals surface area contributed by atoms with E-state index in [1.165, 1.54) is 4.90 Å². The molecule has 2 unspecified atom stereocenters. The molecule has 11 rings (SSSR count). The number of benzene rings is 3. The van der Waals surface area contributed by atoms with Crippen LogP contribution in [0.5, 0.6) is 11.8 Å². The summed E-state index contributed by atoms with van der Waals surface area (Å²) >= 11 is 1.58. The van der Waals surface area contributed by atoms with Crippen molar-refractivity contribution in [2.24, 2.45) is 17.3 Å². The number of nitrogens with zero attached hydrogens (tertiary/aromatic N) is 9. The maximum absolute atomic E-state index is 17.4. The number of aryl methyl sites for hydroxylation is 2. The molecule has 5 saturated heterocycles. The Kier molecular flexibility index (Phi) is 17.8. The van der Waals surface area contributed by atoms with E-state index in [2.05, 4.69) is 30.3 Å². The summed E-state index contributed by atoms with van der Waals surface area (Å²) in [5.74, 6) is -0.139. The van der Waals surface area contributed by atoms with Gasteiger partial charge < -0.3 is 40.1 Å². The number of ether oxygens (including phenoxy) is 2. The first kappa shape index (κ1) is 61.6. The summed E-state index contributed by atoms with van der Waals surface area (Å²) in [6.45, 7) is 22.6. The number of aromatic nitrogens is 4. The van der Waals surface area contributed by atoms with Gasteiger partial charge in [-0.3, -0.25) is 34.1 Å². The number of aromatic hydroxyl groups is 1. The van der Waals surface area contributed by atoms with Crippen LogP contribution >= 0.6 is 11.3 Å². The molecule has 19 nitrogen and oxygen atoms in total. The van der Waals surface area contributed by atoms with Gasteiger partial charge >= 0.3 is 12.1 Å². The summed E-state index contributed by atoms with van der Waals surface area (Å²) in [5.41, 5.74) is 5.05. The molecular weight excluding hydrogens is 1130 g/mol. The summed E-state index contributed by atoms with van der Waals surface area (Å²) in [5, 5.41) is 29.8. The number of pyridine rings is 1. The molecule has 4 N–H and O–H groups in total. The van der Waals surface area contributed by atoms with E-state index >= 15 is 4.39 Å². The predicted octanol–water partition coefficient (Wildman–Crippen LogP) is 9.05. The number of halogens is 1. The number of carbonyl (C=O) groups is 4. The second-order valence-corrected chi connectivity index (χ2v) is 27.7. The SMILES string of the molecule is CCc1cccc2cc(O)cc(-c3ncc4c(N5CC6CCC(C5)N6C(=O)OC(C)(C)C)nc(OCCN5CCC(CC6CN(CC(=O)N[C@H](C(=O)N7C[C@H](O)C[C@H]7C(=O)N[C@@H](C)c7ccc(-c8scnc8C)cc7)C(C)(C)C)C6)CC5)nc4c3F)c12. The number of amides is 4. The molecule has 21 heteroatoms. The Morgan fingerprint density at radius 2 is 1.60 bits per heavy atom. The zero-order chi connectivity index (χ0) is 61.6. The third-order valence-electron chi connectivity index (χ3n) is 18.2. The molecule has 0 aliphatic carbocycles. The Hall–Kier alpha value is -7.07. The summed E-state index contributed by atoms with van der Waals surface area (Å²) in [6, 6.07) is 14.7. The zero-order valence-corrected chi connectivity index (χ0v) is 52.5. The highest BCUT2D eigenvalue weighted by Gasteiger charge is 2.47. The summed E-state index contributed by atoms with van der Waals surface area (Å²) in [7, 11) is 0. The lowest BCUT2D eigenvalue weighted by Crippen LogP contribution is -2.60. The van der Waals surface area contributed by atoms with Gasteiger partial charge in [0.2, 0.25) is 17.7 Å². The van der Waals surface area contributed by atoms with Crippen molar-refractivity contribution in [2.75, 3.05) is 70.4 Å². The van der Waals surface area contributed by atoms with Crippen molar-refractivity contribution in [1.82, 2.24) is 50.2 Å². The van der Waals surface area contributed by atoms with Gasteiger partial charge in [-0.05, 0) is 143 Å². The number of likely N-dealkylation sites (tertiary alicyclic amines) is 3. The summed E-state index contributed by atoms with van der Waals surface area (Å²) in [4.78, 5) is 85.1. The van der Waals surface area contributed by atoms with E-state index in [-0.39, 0.29) is 91.0 Å². The molecular formula is C66H84FN11O8S. The van der Waals surface area contributed by atoms with Gasteiger partial charge in [0.15, 0.2) is 5.82 Å². The number of hydrogen-bond donors (Lipinski definition) is 4. The third-order valence-corrected chi connectivity index (χ3v) is 19.2. The first-order chi connectivity index (χ1) is 41.5. The Labute approximate surface area is 513 Å². The van der Waals surface area contributed by atoms with Crippen molar-refractivity contribution in [3.63, 3.8) is 0 Å². The number of β-amino-alcohol motifs (C(OH)–C–C–N with tert-alkyl or cyclic N) is 1. The number of anilines is 1. The molecule has 5 aliphatic heterocycles. The number of aliphatic hydroxyl groups excluding tert-OH is 1. The minimum Gasteiger partial charge on any atom is -0.508 e. The van der Waals surface area contributed by atoms with Gasteiger partial charge in [0, 0.05) is 57.4 Å². The van der Waals surface area contributed by atoms with E-state index in [0.29, 0.717) is 54.7 Å². The van der Waals surface area contributed by atoms with Crippen molar-refractivity contribution in [1.29, 1.82) is 0 Å². The number of hydrogen-bond acceptors (Lipinski definition) is 16. The van der Waals surface area contributed by atoms with Crippen molar-refractivity contribution >= 4 is 62.6 Å². The molecule has 0 spiro atoms. The van der Waals surface area contributed by atoms with Crippen LogP contribution < -0.4 is 20.3 Å². The topological polar surface area (TPSA) is 219 Å². The van der Waals surface area contributed by atoms with Gasteiger partial charge in [-0.15, -0.1) is 11.3 Å². The van der Waals surface area contributed by atoms with Gasteiger partial charge in [-0.25, -0.2) is 14.2 Å². The average Bonchev–Trinajstić information content (AvgIpc) is 1.84.